The van der Waals surface area contributed by atoms with Crippen LogP contribution in [0.1, 0.15) is 30.4 Å². The lowest BCUT2D eigenvalue weighted by Gasteiger charge is -2.26. The Morgan fingerprint density at radius 1 is 1.24 bits per heavy atom. The average Bonchev–Trinajstić information content (AvgIpc) is 2.84. The first-order chi connectivity index (χ1) is 11.9. The summed E-state index contributed by atoms with van der Waals surface area (Å²) in [6.07, 6.45) is 1.52. The van der Waals surface area contributed by atoms with E-state index in [1.54, 1.807) is 24.0 Å². The van der Waals surface area contributed by atoms with Crippen molar-refractivity contribution in [3.63, 3.8) is 0 Å². The summed E-state index contributed by atoms with van der Waals surface area (Å²) in [5.41, 5.74) is 2.35. The number of nitrogens with one attached hydrogen (secondary N) is 1. The second kappa shape index (κ2) is 5.56. The van der Waals surface area contributed by atoms with Crippen molar-refractivity contribution in [1.29, 1.82) is 0 Å². The topological polar surface area (TPSA) is 66.5 Å². The van der Waals surface area contributed by atoms with Gasteiger partial charge in [0, 0.05) is 6.54 Å². The minimum atomic E-state index is -3.94. The van der Waals surface area contributed by atoms with E-state index >= 15 is 0 Å². The first kappa shape index (κ1) is 16.1. The number of sulfonamides is 1. The Balaban J connectivity index is 1.80. The maximum Gasteiger partial charge on any atom is 0.262 e. The molecule has 2 heterocycles. The molecule has 0 aliphatic carbocycles. The van der Waals surface area contributed by atoms with Crippen molar-refractivity contribution in [2.24, 2.45) is 0 Å². The third-order valence-electron chi connectivity index (χ3n) is 4.82. The summed E-state index contributed by atoms with van der Waals surface area (Å²) >= 11 is 0. The molecular formula is C18H17FN2O3S. The lowest BCUT2D eigenvalue weighted by molar-refractivity contribution is -0.119. The first-order valence-electron chi connectivity index (χ1n) is 8.14. The van der Waals surface area contributed by atoms with Crippen molar-refractivity contribution >= 4 is 27.3 Å². The molecule has 7 heteroatoms. The molecule has 2 aromatic rings. The maximum atomic E-state index is 13.8. The highest BCUT2D eigenvalue weighted by molar-refractivity contribution is 7.92. The van der Waals surface area contributed by atoms with Gasteiger partial charge >= 0.3 is 0 Å². The van der Waals surface area contributed by atoms with E-state index in [4.69, 9.17) is 0 Å². The molecule has 0 bridgehead atoms. The Morgan fingerprint density at radius 3 is 2.76 bits per heavy atom. The number of anilines is 2. The van der Waals surface area contributed by atoms with Gasteiger partial charge in [0.25, 0.3) is 10.0 Å². The van der Waals surface area contributed by atoms with Crippen molar-refractivity contribution in [3.05, 3.63) is 53.3 Å². The predicted octanol–water partition coefficient (Wildman–Crippen LogP) is 3.02. The summed E-state index contributed by atoms with van der Waals surface area (Å²) in [4.78, 5) is 14.2. The van der Waals surface area contributed by atoms with E-state index in [0.29, 0.717) is 6.54 Å². The van der Waals surface area contributed by atoms with Crippen LogP contribution in [0.3, 0.4) is 0 Å². The van der Waals surface area contributed by atoms with Gasteiger partial charge in [-0.2, -0.15) is 0 Å². The Morgan fingerprint density at radius 2 is 2.00 bits per heavy atom. The summed E-state index contributed by atoms with van der Waals surface area (Å²) in [6, 6.07) is 8.76. The van der Waals surface area contributed by atoms with Gasteiger partial charge < -0.3 is 4.90 Å². The van der Waals surface area contributed by atoms with Crippen LogP contribution in [0.4, 0.5) is 15.8 Å². The number of aryl methyl sites for hydroxylation is 1. The quantitative estimate of drug-likeness (QED) is 0.915. The van der Waals surface area contributed by atoms with E-state index in [0.717, 1.165) is 29.7 Å². The fraction of sp³-hybridized carbons (Fsp3) is 0.278. The molecule has 0 aromatic heterocycles. The monoisotopic (exact) mass is 360 g/mol. The highest BCUT2D eigenvalue weighted by Crippen LogP contribution is 2.44. The number of benzene rings is 2. The van der Waals surface area contributed by atoms with Gasteiger partial charge in [0.2, 0.25) is 5.91 Å². The summed E-state index contributed by atoms with van der Waals surface area (Å²) in [6.45, 7) is 2.46. The average molecular weight is 360 g/mol. The predicted molar refractivity (Wildman–Crippen MR) is 92.7 cm³/mol. The van der Waals surface area contributed by atoms with E-state index in [9.17, 15) is 17.6 Å². The second-order valence-electron chi connectivity index (χ2n) is 6.42. The van der Waals surface area contributed by atoms with Gasteiger partial charge in [0.1, 0.15) is 5.82 Å². The standard InChI is InChI=1S/C18H17FN2O3S/c1-11-14-10-13(9-12-5-4-8-21(17(12)14)18(11)22)25(23,24)20-16-7-3-2-6-15(16)19/h2-3,6-7,9-11,20H,4-5,8H2,1H3/t11-/m1/s1. The van der Waals surface area contributed by atoms with Crippen molar-refractivity contribution in [3.8, 4) is 0 Å². The van der Waals surface area contributed by atoms with E-state index in [1.165, 1.54) is 24.3 Å². The SMILES string of the molecule is C[C@H]1C(=O)N2CCCc3cc(S(=O)(=O)Nc4ccccc4F)cc1c32. The van der Waals surface area contributed by atoms with Crippen LogP contribution in [0.5, 0.6) is 0 Å². The molecule has 1 amide bonds. The molecule has 4 rings (SSSR count). The molecule has 25 heavy (non-hydrogen) atoms. The molecule has 0 fully saturated rings. The van der Waals surface area contributed by atoms with Gasteiger partial charge in [-0.25, -0.2) is 12.8 Å². The van der Waals surface area contributed by atoms with Crippen molar-refractivity contribution in [2.75, 3.05) is 16.2 Å². The van der Waals surface area contributed by atoms with E-state index in [2.05, 4.69) is 4.72 Å². The van der Waals surface area contributed by atoms with Crippen LogP contribution in [-0.2, 0) is 21.2 Å². The number of hydrogen-bond donors (Lipinski definition) is 1. The summed E-state index contributed by atoms with van der Waals surface area (Å²) in [5.74, 6) is -0.994. The highest BCUT2D eigenvalue weighted by atomic mass is 32.2. The molecule has 0 saturated carbocycles. The number of carbonyl (C=O) groups excluding carboxylic acids is 1. The molecule has 1 atom stereocenters. The number of amides is 1. The Bertz CT molecular complexity index is 988. The fourth-order valence-electron chi connectivity index (χ4n) is 3.57. The molecule has 2 aliphatic rings. The minimum absolute atomic E-state index is 0.00700. The molecular weight excluding hydrogens is 343 g/mol. The van der Waals surface area contributed by atoms with Gasteiger partial charge in [-0.1, -0.05) is 12.1 Å². The van der Waals surface area contributed by atoms with Gasteiger partial charge in [-0.05, 0) is 55.2 Å². The number of halogens is 1. The van der Waals surface area contributed by atoms with E-state index in [1.807, 2.05) is 0 Å². The molecule has 2 aliphatic heterocycles. The highest BCUT2D eigenvalue weighted by Gasteiger charge is 2.38. The molecule has 5 nitrogen and oxygen atoms in total. The second-order valence-corrected chi connectivity index (χ2v) is 8.10. The van der Waals surface area contributed by atoms with Crippen LogP contribution in [0.15, 0.2) is 41.3 Å². The van der Waals surface area contributed by atoms with Crippen LogP contribution >= 0.6 is 0 Å². The summed E-state index contributed by atoms with van der Waals surface area (Å²) in [5, 5.41) is 0. The maximum absolute atomic E-state index is 13.8. The summed E-state index contributed by atoms with van der Waals surface area (Å²) in [7, 11) is -3.94. The summed E-state index contributed by atoms with van der Waals surface area (Å²) < 4.78 is 41.6. The van der Waals surface area contributed by atoms with Crippen LogP contribution in [0, 0.1) is 5.82 Å². The zero-order valence-electron chi connectivity index (χ0n) is 13.6. The first-order valence-corrected chi connectivity index (χ1v) is 9.62. The number of carbonyl (C=O) groups is 1. The zero-order chi connectivity index (χ0) is 17.8. The third kappa shape index (κ3) is 2.50. The fourth-order valence-corrected chi connectivity index (χ4v) is 4.72. The Hall–Kier alpha value is -2.41. The normalized spacial score (nSPS) is 19.0. The lowest BCUT2D eigenvalue weighted by atomic mass is 9.97. The van der Waals surface area contributed by atoms with Crippen molar-refractivity contribution in [2.45, 2.75) is 30.6 Å². The number of para-hydroxylation sites is 1. The van der Waals surface area contributed by atoms with E-state index < -0.39 is 15.8 Å². The van der Waals surface area contributed by atoms with Crippen LogP contribution in [0.25, 0.3) is 0 Å². The third-order valence-corrected chi connectivity index (χ3v) is 6.17. The molecule has 0 saturated heterocycles. The number of nitrogens with zero attached hydrogens (tertiary/aromatic N) is 1. The van der Waals surface area contributed by atoms with Gasteiger partial charge in [-0.15, -0.1) is 0 Å². The minimum Gasteiger partial charge on any atom is -0.311 e. The largest absolute Gasteiger partial charge is 0.311 e. The molecule has 130 valence electrons. The van der Waals surface area contributed by atoms with Crippen LogP contribution < -0.4 is 9.62 Å². The molecule has 1 N–H and O–H groups in total. The lowest BCUT2D eigenvalue weighted by Crippen LogP contribution is -2.32. The van der Waals surface area contributed by atoms with Gasteiger partial charge in [0.05, 0.1) is 22.2 Å². The van der Waals surface area contributed by atoms with Crippen molar-refractivity contribution in [1.82, 2.24) is 0 Å². The van der Waals surface area contributed by atoms with E-state index in [-0.39, 0.29) is 22.4 Å². The Labute approximate surface area is 145 Å². The number of hydrogen-bond acceptors (Lipinski definition) is 3. The molecule has 2 aromatic carbocycles. The van der Waals surface area contributed by atoms with Crippen LogP contribution in [0.2, 0.25) is 0 Å². The van der Waals surface area contributed by atoms with Crippen molar-refractivity contribution < 1.29 is 17.6 Å². The van der Waals surface area contributed by atoms with Crippen LogP contribution in [-0.4, -0.2) is 20.9 Å². The van der Waals surface area contributed by atoms with Gasteiger partial charge in [0.15, 0.2) is 0 Å². The smallest absolute Gasteiger partial charge is 0.262 e. The number of rotatable bonds is 3. The Kier molecular flexibility index (Phi) is 3.57. The molecule has 0 spiro atoms. The zero-order valence-corrected chi connectivity index (χ0v) is 14.4. The molecule has 0 radical (unpaired) electrons. The molecule has 0 unspecified atom stereocenters. The van der Waals surface area contributed by atoms with Gasteiger partial charge in [-0.3, -0.25) is 9.52 Å².